The third kappa shape index (κ3) is 0.986. The molecule has 2 N–H and O–H groups in total. The highest BCUT2D eigenvalue weighted by Gasteiger charge is 2.74. The van der Waals surface area contributed by atoms with E-state index in [9.17, 15) is 10.2 Å². The molecule has 0 heterocycles. The molecule has 0 aliphatic heterocycles. The Labute approximate surface area is 104 Å². The highest BCUT2D eigenvalue weighted by Crippen LogP contribution is 2.75. The van der Waals surface area contributed by atoms with Crippen LogP contribution in [0.4, 0.5) is 0 Å². The summed E-state index contributed by atoms with van der Waals surface area (Å²) >= 11 is 0. The molecule has 17 heavy (non-hydrogen) atoms. The van der Waals surface area contributed by atoms with Gasteiger partial charge in [-0.05, 0) is 49.4 Å². The maximum atomic E-state index is 10.9. The van der Waals surface area contributed by atoms with E-state index in [0.29, 0.717) is 5.92 Å². The van der Waals surface area contributed by atoms with E-state index in [4.69, 9.17) is 0 Å². The summed E-state index contributed by atoms with van der Waals surface area (Å²) in [5.74, 6) is 0.587. The minimum absolute atomic E-state index is 0.0769. The fraction of sp³-hybridized carbons (Fsp3) is 1.00. The monoisotopic (exact) mass is 238 g/mol. The zero-order valence-electron chi connectivity index (χ0n) is 11.6. The quantitative estimate of drug-likeness (QED) is 0.681. The van der Waals surface area contributed by atoms with Crippen LogP contribution in [0.2, 0.25) is 0 Å². The molecule has 0 saturated heterocycles. The van der Waals surface area contributed by atoms with E-state index in [2.05, 4.69) is 20.8 Å². The average Bonchev–Trinajstić information content (AvgIpc) is 2.66. The molecular weight excluding hydrogens is 212 g/mol. The first-order valence-electron chi connectivity index (χ1n) is 7.11. The fourth-order valence-corrected chi connectivity index (χ4v) is 5.97. The molecule has 2 nitrogen and oxygen atoms in total. The molecule has 0 unspecified atom stereocenters. The van der Waals surface area contributed by atoms with Crippen molar-refractivity contribution in [1.82, 2.24) is 0 Å². The lowest BCUT2D eigenvalue weighted by Gasteiger charge is -2.72. The summed E-state index contributed by atoms with van der Waals surface area (Å²) in [7, 11) is 0. The molecule has 0 spiro atoms. The van der Waals surface area contributed by atoms with Gasteiger partial charge in [-0.2, -0.15) is 0 Å². The van der Waals surface area contributed by atoms with Gasteiger partial charge in [0.15, 0.2) is 0 Å². The smallest absolute Gasteiger partial charge is 0.0941 e. The van der Waals surface area contributed by atoms with Gasteiger partial charge in [-0.3, -0.25) is 0 Å². The molecule has 4 saturated carbocycles. The van der Waals surface area contributed by atoms with E-state index < -0.39 is 11.7 Å². The summed E-state index contributed by atoms with van der Waals surface area (Å²) in [6.45, 7) is 8.66. The van der Waals surface area contributed by atoms with E-state index in [1.807, 2.05) is 6.92 Å². The Morgan fingerprint density at radius 2 is 1.65 bits per heavy atom. The SMILES string of the molecule is C[C@]12CC[C@](C)([C@@]3(C)CCC[C@@H]13)[C@](C)(O)[C@H]2O. The minimum atomic E-state index is -0.935. The van der Waals surface area contributed by atoms with Crippen LogP contribution in [0.15, 0.2) is 0 Å². The maximum Gasteiger partial charge on any atom is 0.0941 e. The molecule has 2 heteroatoms. The van der Waals surface area contributed by atoms with Crippen LogP contribution in [0.5, 0.6) is 0 Å². The van der Waals surface area contributed by atoms with Crippen molar-refractivity contribution in [3.63, 3.8) is 0 Å². The lowest BCUT2D eigenvalue weighted by molar-refractivity contribution is -0.317. The van der Waals surface area contributed by atoms with Crippen molar-refractivity contribution in [2.45, 2.75) is 71.5 Å². The van der Waals surface area contributed by atoms with Crippen molar-refractivity contribution in [1.29, 1.82) is 0 Å². The van der Waals surface area contributed by atoms with Crippen molar-refractivity contribution in [3.8, 4) is 0 Å². The number of aliphatic hydroxyl groups excluding tert-OH is 1. The van der Waals surface area contributed by atoms with Gasteiger partial charge < -0.3 is 10.2 Å². The minimum Gasteiger partial charge on any atom is -0.390 e. The Balaban J connectivity index is 2.21. The number of rotatable bonds is 0. The van der Waals surface area contributed by atoms with Gasteiger partial charge in [0.1, 0.15) is 0 Å². The summed E-state index contributed by atoms with van der Waals surface area (Å²) in [5, 5.41) is 21.6. The van der Waals surface area contributed by atoms with Gasteiger partial charge in [0.2, 0.25) is 0 Å². The molecule has 4 aliphatic rings. The van der Waals surface area contributed by atoms with E-state index in [-0.39, 0.29) is 16.2 Å². The topological polar surface area (TPSA) is 40.5 Å². The number of hydrogen-bond donors (Lipinski definition) is 2. The second-order valence-electron chi connectivity index (χ2n) is 7.75. The van der Waals surface area contributed by atoms with Crippen LogP contribution in [-0.4, -0.2) is 21.9 Å². The maximum absolute atomic E-state index is 10.9. The molecule has 4 rings (SSSR count). The zero-order valence-corrected chi connectivity index (χ0v) is 11.6. The Kier molecular flexibility index (Phi) is 2.05. The molecule has 98 valence electrons. The first kappa shape index (κ1) is 12.0. The molecule has 4 aliphatic carbocycles. The molecule has 4 fully saturated rings. The van der Waals surface area contributed by atoms with Crippen molar-refractivity contribution < 1.29 is 10.2 Å². The molecule has 0 radical (unpaired) electrons. The Bertz CT molecular complexity index is 364. The third-order valence-electron chi connectivity index (χ3n) is 7.45. The van der Waals surface area contributed by atoms with Gasteiger partial charge in [-0.1, -0.05) is 27.2 Å². The van der Waals surface area contributed by atoms with Gasteiger partial charge in [-0.25, -0.2) is 0 Å². The van der Waals surface area contributed by atoms with Gasteiger partial charge >= 0.3 is 0 Å². The second kappa shape index (κ2) is 2.91. The molecule has 6 atom stereocenters. The normalized spacial score (nSPS) is 66.0. The molecule has 0 amide bonds. The average molecular weight is 238 g/mol. The van der Waals surface area contributed by atoms with E-state index >= 15 is 0 Å². The molecule has 2 bridgehead atoms. The Hall–Kier alpha value is -0.0800. The highest BCUT2D eigenvalue weighted by atomic mass is 16.3. The van der Waals surface area contributed by atoms with Crippen molar-refractivity contribution in [3.05, 3.63) is 0 Å². The van der Waals surface area contributed by atoms with E-state index in [1.165, 1.54) is 19.3 Å². The lowest BCUT2D eigenvalue weighted by atomic mass is 9.35. The first-order valence-corrected chi connectivity index (χ1v) is 7.11. The molecule has 0 aromatic carbocycles. The van der Waals surface area contributed by atoms with Gasteiger partial charge in [0, 0.05) is 5.41 Å². The lowest BCUT2D eigenvalue weighted by Crippen LogP contribution is -2.75. The van der Waals surface area contributed by atoms with Crippen LogP contribution in [-0.2, 0) is 0 Å². The molecular formula is C15H26O2. The number of fused-ring (bicyclic) bond motifs is 2. The largest absolute Gasteiger partial charge is 0.390 e. The summed E-state index contributed by atoms with van der Waals surface area (Å²) in [6.07, 6.45) is 5.27. The van der Waals surface area contributed by atoms with Crippen molar-refractivity contribution in [2.24, 2.45) is 22.2 Å². The predicted octanol–water partition coefficient (Wildman–Crippen LogP) is 2.72. The number of aliphatic hydroxyl groups is 2. The van der Waals surface area contributed by atoms with Gasteiger partial charge in [0.25, 0.3) is 0 Å². The van der Waals surface area contributed by atoms with Crippen LogP contribution in [0.25, 0.3) is 0 Å². The number of hydrogen-bond acceptors (Lipinski definition) is 2. The van der Waals surface area contributed by atoms with Gasteiger partial charge in [0.05, 0.1) is 11.7 Å². The third-order valence-corrected chi connectivity index (χ3v) is 7.45. The Morgan fingerprint density at radius 3 is 2.29 bits per heavy atom. The van der Waals surface area contributed by atoms with Crippen LogP contribution in [0, 0.1) is 22.2 Å². The van der Waals surface area contributed by atoms with E-state index in [0.717, 1.165) is 12.8 Å². The zero-order chi connectivity index (χ0) is 12.7. The predicted molar refractivity (Wildman–Crippen MR) is 67.5 cm³/mol. The van der Waals surface area contributed by atoms with Crippen LogP contribution >= 0.6 is 0 Å². The summed E-state index contributed by atoms with van der Waals surface area (Å²) in [6, 6.07) is 0. The first-order chi connectivity index (χ1) is 7.70. The summed E-state index contributed by atoms with van der Waals surface area (Å²) < 4.78 is 0. The van der Waals surface area contributed by atoms with Gasteiger partial charge in [-0.15, -0.1) is 0 Å². The highest BCUT2D eigenvalue weighted by molar-refractivity contribution is 5.24. The van der Waals surface area contributed by atoms with Crippen LogP contribution in [0.3, 0.4) is 0 Å². The fourth-order valence-electron chi connectivity index (χ4n) is 5.97. The van der Waals surface area contributed by atoms with Crippen molar-refractivity contribution in [2.75, 3.05) is 0 Å². The second-order valence-corrected chi connectivity index (χ2v) is 7.75. The van der Waals surface area contributed by atoms with E-state index in [1.54, 1.807) is 0 Å². The van der Waals surface area contributed by atoms with Crippen molar-refractivity contribution >= 4 is 0 Å². The summed E-state index contributed by atoms with van der Waals surface area (Å²) in [5.41, 5.74) is -0.927. The molecule has 0 aromatic rings. The van der Waals surface area contributed by atoms with Crippen LogP contribution in [0.1, 0.15) is 59.8 Å². The Morgan fingerprint density at radius 1 is 1.00 bits per heavy atom. The summed E-state index contributed by atoms with van der Waals surface area (Å²) in [4.78, 5) is 0. The van der Waals surface area contributed by atoms with Crippen LogP contribution < -0.4 is 0 Å². The standard InChI is InChI=1S/C15H26O2/c1-12-8-9-14(3,15(4,17)11(12)16)13(2)7-5-6-10(12)13/h10-11,16-17H,5-9H2,1-4H3/t10-,11-,12-,13-,14+,15+/m0/s1. The molecule has 0 aromatic heterocycles.